The van der Waals surface area contributed by atoms with E-state index in [1.165, 1.54) is 9.87 Å². The number of hydrogen-bond acceptors (Lipinski definition) is 4. The van der Waals surface area contributed by atoms with E-state index in [2.05, 4.69) is 5.32 Å². The fourth-order valence-corrected chi connectivity index (χ4v) is 4.66. The average Bonchev–Trinajstić information content (AvgIpc) is 2.65. The van der Waals surface area contributed by atoms with Gasteiger partial charge < -0.3 is 10.2 Å². The van der Waals surface area contributed by atoms with Crippen LogP contribution in [-0.2, 0) is 21.2 Å². The molecule has 0 saturated heterocycles. The minimum atomic E-state index is -3.61. The van der Waals surface area contributed by atoms with Crippen molar-refractivity contribution < 1.29 is 13.2 Å². The highest BCUT2D eigenvalue weighted by Crippen LogP contribution is 2.29. The van der Waals surface area contributed by atoms with Gasteiger partial charge in [0.05, 0.1) is 22.7 Å². The topological polar surface area (TPSA) is 69.7 Å². The Bertz CT molecular complexity index is 981. The van der Waals surface area contributed by atoms with E-state index < -0.39 is 10.0 Å². The van der Waals surface area contributed by atoms with Crippen molar-refractivity contribution in [3.8, 4) is 0 Å². The van der Waals surface area contributed by atoms with Gasteiger partial charge in [0.15, 0.2) is 0 Å². The normalized spacial score (nSPS) is 11.6. The first-order valence-corrected chi connectivity index (χ1v) is 11.2. The van der Waals surface area contributed by atoms with Gasteiger partial charge in [-0.25, -0.2) is 8.42 Å². The van der Waals surface area contributed by atoms with Crippen molar-refractivity contribution in [2.24, 2.45) is 0 Å². The van der Waals surface area contributed by atoms with Crippen LogP contribution in [0.4, 0.5) is 11.4 Å². The third-order valence-corrected chi connectivity index (χ3v) is 7.05. The second kappa shape index (κ2) is 9.41. The molecule has 0 fully saturated rings. The van der Waals surface area contributed by atoms with Crippen LogP contribution in [0.15, 0.2) is 41.3 Å². The summed E-state index contributed by atoms with van der Waals surface area (Å²) in [5.74, 6) is -0.186. The Labute approximate surface area is 174 Å². The van der Waals surface area contributed by atoms with Gasteiger partial charge in [-0.3, -0.25) is 4.79 Å². The number of nitrogens with zero attached hydrogens (tertiary/aromatic N) is 2. The first-order valence-electron chi connectivity index (χ1n) is 9.77. The summed E-state index contributed by atoms with van der Waals surface area (Å²) in [6, 6.07) is 10.8. The Morgan fingerprint density at radius 1 is 0.966 bits per heavy atom. The number of sulfonamides is 1. The second-order valence-corrected chi connectivity index (χ2v) is 9.24. The highest BCUT2D eigenvalue weighted by molar-refractivity contribution is 7.89. The third-order valence-electron chi connectivity index (χ3n) is 5.00. The van der Waals surface area contributed by atoms with Gasteiger partial charge in [0.1, 0.15) is 0 Å². The molecule has 0 atom stereocenters. The third kappa shape index (κ3) is 5.36. The molecule has 0 heterocycles. The van der Waals surface area contributed by atoms with E-state index in [1.54, 1.807) is 18.2 Å². The van der Waals surface area contributed by atoms with E-state index >= 15 is 0 Å². The van der Waals surface area contributed by atoms with Crippen LogP contribution in [-0.4, -0.2) is 45.8 Å². The zero-order valence-electron chi connectivity index (χ0n) is 18.1. The van der Waals surface area contributed by atoms with Crippen molar-refractivity contribution in [3.63, 3.8) is 0 Å². The second-order valence-electron chi connectivity index (χ2n) is 7.31. The van der Waals surface area contributed by atoms with Gasteiger partial charge in [0, 0.05) is 27.2 Å². The summed E-state index contributed by atoms with van der Waals surface area (Å²) in [5, 5.41) is 2.90. The molecule has 0 aliphatic carbocycles. The summed E-state index contributed by atoms with van der Waals surface area (Å²) in [7, 11) is 0.100. The van der Waals surface area contributed by atoms with Crippen LogP contribution >= 0.6 is 0 Å². The Morgan fingerprint density at radius 2 is 1.62 bits per heavy atom. The van der Waals surface area contributed by atoms with Crippen molar-refractivity contribution in [2.75, 3.05) is 37.4 Å². The molecule has 6 nitrogen and oxygen atoms in total. The van der Waals surface area contributed by atoms with E-state index in [4.69, 9.17) is 0 Å². The van der Waals surface area contributed by atoms with E-state index in [0.717, 1.165) is 16.8 Å². The highest BCUT2D eigenvalue weighted by Gasteiger charge is 2.23. The molecule has 0 radical (unpaired) electrons. The largest absolute Gasteiger partial charge is 0.376 e. The van der Waals surface area contributed by atoms with Gasteiger partial charge in [0.25, 0.3) is 0 Å². The lowest BCUT2D eigenvalue weighted by Gasteiger charge is -2.22. The fraction of sp³-hybridized carbons (Fsp3) is 0.409. The minimum Gasteiger partial charge on any atom is -0.376 e. The number of aryl methyl sites for hydroxylation is 2. The Balaban J connectivity index is 2.34. The monoisotopic (exact) mass is 417 g/mol. The van der Waals surface area contributed by atoms with Crippen molar-refractivity contribution in [2.45, 2.75) is 39.0 Å². The number of carbonyl (C=O) groups is 1. The van der Waals surface area contributed by atoms with Crippen LogP contribution in [0.3, 0.4) is 0 Å². The molecule has 1 N–H and O–H groups in total. The standard InChI is InChI=1S/C22H31N3O3S/c1-7-25(8-2)29(27,28)19-11-12-21(24(5)6)20(15-19)23-22(26)14-18-10-9-16(3)17(4)13-18/h9-13,15H,7-8,14H2,1-6H3,(H,23,26). The SMILES string of the molecule is CCN(CC)S(=O)(=O)c1ccc(N(C)C)c(NC(=O)Cc2ccc(C)c(C)c2)c1. The molecule has 7 heteroatoms. The Morgan fingerprint density at radius 3 is 2.17 bits per heavy atom. The molecular formula is C22H31N3O3S. The van der Waals surface area contributed by atoms with Crippen molar-refractivity contribution >= 4 is 27.3 Å². The zero-order chi connectivity index (χ0) is 21.8. The summed E-state index contributed by atoms with van der Waals surface area (Å²) >= 11 is 0. The molecule has 0 saturated carbocycles. The van der Waals surface area contributed by atoms with Gasteiger partial charge in [-0.2, -0.15) is 4.31 Å². The number of benzene rings is 2. The van der Waals surface area contributed by atoms with Crippen molar-refractivity contribution in [1.82, 2.24) is 4.31 Å². The lowest BCUT2D eigenvalue weighted by atomic mass is 10.0. The van der Waals surface area contributed by atoms with Gasteiger partial charge in [-0.15, -0.1) is 0 Å². The number of amides is 1. The molecular weight excluding hydrogens is 386 g/mol. The summed E-state index contributed by atoms with van der Waals surface area (Å²) in [6.07, 6.45) is 0.223. The van der Waals surface area contributed by atoms with E-state index in [1.807, 2.05) is 64.9 Å². The van der Waals surface area contributed by atoms with E-state index in [-0.39, 0.29) is 17.2 Å². The van der Waals surface area contributed by atoms with Crippen molar-refractivity contribution in [3.05, 3.63) is 53.1 Å². The van der Waals surface area contributed by atoms with Crippen LogP contribution in [0.25, 0.3) is 0 Å². The number of nitrogens with one attached hydrogen (secondary N) is 1. The molecule has 2 aromatic carbocycles. The summed E-state index contributed by atoms with van der Waals surface area (Å²) in [5.41, 5.74) is 4.47. The molecule has 29 heavy (non-hydrogen) atoms. The predicted molar refractivity (Wildman–Crippen MR) is 119 cm³/mol. The zero-order valence-corrected chi connectivity index (χ0v) is 18.9. The first-order chi connectivity index (χ1) is 13.6. The minimum absolute atomic E-state index is 0.174. The van der Waals surface area contributed by atoms with Crippen LogP contribution < -0.4 is 10.2 Å². The lowest BCUT2D eigenvalue weighted by molar-refractivity contribution is -0.115. The van der Waals surface area contributed by atoms with Gasteiger partial charge >= 0.3 is 0 Å². The molecule has 2 rings (SSSR count). The fourth-order valence-electron chi connectivity index (χ4n) is 3.17. The predicted octanol–water partition coefficient (Wildman–Crippen LogP) is 3.58. The number of carbonyl (C=O) groups excluding carboxylic acids is 1. The van der Waals surface area contributed by atoms with Crippen molar-refractivity contribution in [1.29, 1.82) is 0 Å². The maximum Gasteiger partial charge on any atom is 0.243 e. The molecule has 0 unspecified atom stereocenters. The molecule has 2 aromatic rings. The van der Waals surface area contributed by atoms with E-state index in [0.29, 0.717) is 18.8 Å². The maximum absolute atomic E-state index is 12.9. The first kappa shape index (κ1) is 22.9. The lowest BCUT2D eigenvalue weighted by Crippen LogP contribution is -2.30. The maximum atomic E-state index is 12.9. The molecule has 0 aliphatic heterocycles. The van der Waals surface area contributed by atoms with Crippen LogP contribution in [0.5, 0.6) is 0 Å². The summed E-state index contributed by atoms with van der Waals surface area (Å²) in [6.45, 7) is 8.45. The summed E-state index contributed by atoms with van der Waals surface area (Å²) < 4.78 is 27.1. The smallest absolute Gasteiger partial charge is 0.243 e. The summed E-state index contributed by atoms with van der Waals surface area (Å²) in [4.78, 5) is 14.7. The molecule has 158 valence electrons. The Kier molecular flexibility index (Phi) is 7.43. The van der Waals surface area contributed by atoms with Crippen LogP contribution in [0, 0.1) is 13.8 Å². The number of rotatable bonds is 8. The van der Waals surface area contributed by atoms with E-state index in [9.17, 15) is 13.2 Å². The van der Waals surface area contributed by atoms with Gasteiger partial charge in [0.2, 0.25) is 15.9 Å². The molecule has 1 amide bonds. The Hall–Kier alpha value is -2.38. The number of anilines is 2. The molecule has 0 bridgehead atoms. The quantitative estimate of drug-likeness (QED) is 0.713. The average molecular weight is 418 g/mol. The van der Waals surface area contributed by atoms with Crippen LogP contribution in [0.2, 0.25) is 0 Å². The van der Waals surface area contributed by atoms with Gasteiger partial charge in [-0.1, -0.05) is 32.0 Å². The highest BCUT2D eigenvalue weighted by atomic mass is 32.2. The molecule has 0 aromatic heterocycles. The number of hydrogen-bond donors (Lipinski definition) is 1. The molecule has 0 spiro atoms. The van der Waals surface area contributed by atoms with Crippen LogP contribution in [0.1, 0.15) is 30.5 Å². The van der Waals surface area contributed by atoms with Gasteiger partial charge in [-0.05, 0) is 48.7 Å². The molecule has 0 aliphatic rings.